The molecule has 9 heteroatoms. The lowest BCUT2D eigenvalue weighted by Gasteiger charge is -2.25. The van der Waals surface area contributed by atoms with Crippen molar-refractivity contribution in [1.82, 2.24) is 24.4 Å². The Bertz CT molecular complexity index is 1110. The second kappa shape index (κ2) is 6.67. The van der Waals surface area contributed by atoms with Gasteiger partial charge in [-0.05, 0) is 19.1 Å². The first kappa shape index (κ1) is 17.0. The third-order valence-corrected chi connectivity index (χ3v) is 4.48. The quantitative estimate of drug-likeness (QED) is 0.720. The van der Waals surface area contributed by atoms with Crippen LogP contribution in [0.25, 0.3) is 11.5 Å². The first-order chi connectivity index (χ1) is 13.0. The molecule has 0 atom stereocenters. The summed E-state index contributed by atoms with van der Waals surface area (Å²) in [4.78, 5) is 48.3. The molecular formula is C18H17N5O4. The van der Waals surface area contributed by atoms with E-state index in [1.165, 1.54) is 10.8 Å². The van der Waals surface area contributed by atoms with E-state index < -0.39 is 11.2 Å². The van der Waals surface area contributed by atoms with Gasteiger partial charge < -0.3 is 9.32 Å². The maximum atomic E-state index is 12.6. The van der Waals surface area contributed by atoms with Gasteiger partial charge in [-0.2, -0.15) is 0 Å². The van der Waals surface area contributed by atoms with Crippen LogP contribution in [-0.4, -0.2) is 36.9 Å². The van der Waals surface area contributed by atoms with Gasteiger partial charge in [-0.3, -0.25) is 24.1 Å². The summed E-state index contributed by atoms with van der Waals surface area (Å²) in [7, 11) is 0. The third-order valence-electron chi connectivity index (χ3n) is 4.48. The number of carbonyl (C=O) groups is 1. The van der Waals surface area contributed by atoms with Crippen molar-refractivity contribution in [3.63, 3.8) is 0 Å². The SMILES string of the molecule is Cc1cn(CC(=O)N2CCc3oc(-c4cccnc4)nc3C2)c(=O)[nH]c1=O. The van der Waals surface area contributed by atoms with Crippen LogP contribution in [0.1, 0.15) is 17.0 Å². The minimum absolute atomic E-state index is 0.140. The zero-order valence-electron chi connectivity index (χ0n) is 14.6. The average molecular weight is 367 g/mol. The van der Waals surface area contributed by atoms with Gasteiger partial charge in [-0.15, -0.1) is 0 Å². The predicted molar refractivity (Wildman–Crippen MR) is 94.9 cm³/mol. The minimum Gasteiger partial charge on any atom is -0.441 e. The van der Waals surface area contributed by atoms with Gasteiger partial charge in [0.25, 0.3) is 5.56 Å². The van der Waals surface area contributed by atoms with Gasteiger partial charge in [0.1, 0.15) is 18.0 Å². The van der Waals surface area contributed by atoms with Crippen molar-refractivity contribution >= 4 is 5.91 Å². The van der Waals surface area contributed by atoms with Crippen LogP contribution in [0, 0.1) is 6.92 Å². The number of pyridine rings is 1. The highest BCUT2D eigenvalue weighted by molar-refractivity contribution is 5.76. The van der Waals surface area contributed by atoms with E-state index in [-0.39, 0.29) is 12.5 Å². The molecule has 138 valence electrons. The molecule has 0 aromatic carbocycles. The molecule has 0 bridgehead atoms. The number of fused-ring (bicyclic) bond motifs is 1. The largest absolute Gasteiger partial charge is 0.441 e. The molecule has 27 heavy (non-hydrogen) atoms. The van der Waals surface area contributed by atoms with E-state index in [2.05, 4.69) is 15.0 Å². The maximum Gasteiger partial charge on any atom is 0.328 e. The summed E-state index contributed by atoms with van der Waals surface area (Å²) in [5, 5.41) is 0. The molecule has 4 rings (SSSR count). The summed E-state index contributed by atoms with van der Waals surface area (Å²) in [6, 6.07) is 3.66. The van der Waals surface area contributed by atoms with Crippen LogP contribution in [0.5, 0.6) is 0 Å². The molecule has 0 unspecified atom stereocenters. The second-order valence-electron chi connectivity index (χ2n) is 6.40. The highest BCUT2D eigenvalue weighted by Gasteiger charge is 2.26. The fourth-order valence-electron chi connectivity index (χ4n) is 3.01. The molecule has 0 radical (unpaired) electrons. The summed E-state index contributed by atoms with van der Waals surface area (Å²) in [5.41, 5.74) is 0.813. The molecule has 0 fully saturated rings. The van der Waals surface area contributed by atoms with Crippen LogP contribution in [0.4, 0.5) is 0 Å². The van der Waals surface area contributed by atoms with Gasteiger partial charge in [0.05, 0.1) is 12.1 Å². The van der Waals surface area contributed by atoms with E-state index in [4.69, 9.17) is 4.42 Å². The molecule has 3 aromatic rings. The molecule has 1 aliphatic heterocycles. The fourth-order valence-corrected chi connectivity index (χ4v) is 3.01. The van der Waals surface area contributed by atoms with Crippen LogP contribution in [0.15, 0.2) is 44.7 Å². The topological polar surface area (TPSA) is 114 Å². The minimum atomic E-state index is -0.600. The number of rotatable bonds is 3. The molecule has 0 spiro atoms. The molecule has 0 aliphatic carbocycles. The fraction of sp³-hybridized carbons (Fsp3) is 0.278. The van der Waals surface area contributed by atoms with Crippen LogP contribution < -0.4 is 11.2 Å². The van der Waals surface area contributed by atoms with Crippen LogP contribution in [0.2, 0.25) is 0 Å². The Hall–Kier alpha value is -3.49. The molecule has 0 saturated carbocycles. The summed E-state index contributed by atoms with van der Waals surface area (Å²) in [6.45, 7) is 2.24. The lowest BCUT2D eigenvalue weighted by molar-refractivity contribution is -0.133. The third kappa shape index (κ3) is 3.31. The molecule has 9 nitrogen and oxygen atoms in total. The number of carbonyl (C=O) groups excluding carboxylic acids is 1. The lowest BCUT2D eigenvalue weighted by atomic mass is 10.1. The maximum absolute atomic E-state index is 12.6. The normalized spacial score (nSPS) is 13.4. The van der Waals surface area contributed by atoms with Gasteiger partial charge in [-0.1, -0.05) is 0 Å². The standard InChI is InChI=1S/C18H17N5O4/c1-11-8-23(18(26)21-16(11)25)10-15(24)22-6-4-14-13(9-22)20-17(27-14)12-3-2-5-19-7-12/h2-3,5,7-8H,4,6,9-10H2,1H3,(H,21,25,26). The second-order valence-corrected chi connectivity index (χ2v) is 6.40. The number of H-pyrrole nitrogens is 1. The number of hydrogen-bond acceptors (Lipinski definition) is 6. The Labute approximate surface area is 153 Å². The Morgan fingerprint density at radius 1 is 1.37 bits per heavy atom. The average Bonchev–Trinajstić information content (AvgIpc) is 3.10. The predicted octanol–water partition coefficient (Wildman–Crippen LogP) is 0.480. The highest BCUT2D eigenvalue weighted by atomic mass is 16.4. The zero-order chi connectivity index (χ0) is 19.0. The van der Waals surface area contributed by atoms with Crippen molar-refractivity contribution in [1.29, 1.82) is 0 Å². The van der Waals surface area contributed by atoms with E-state index in [1.807, 2.05) is 6.07 Å². The van der Waals surface area contributed by atoms with Gasteiger partial charge in [0.15, 0.2) is 0 Å². The Morgan fingerprint density at radius 2 is 2.22 bits per heavy atom. The van der Waals surface area contributed by atoms with E-state index in [1.54, 1.807) is 30.3 Å². The van der Waals surface area contributed by atoms with Crippen molar-refractivity contribution in [3.05, 3.63) is 68.6 Å². The lowest BCUT2D eigenvalue weighted by Crippen LogP contribution is -2.41. The monoisotopic (exact) mass is 367 g/mol. The molecule has 3 aromatic heterocycles. The van der Waals surface area contributed by atoms with Crippen molar-refractivity contribution in [2.75, 3.05) is 6.54 Å². The molecule has 0 saturated heterocycles. The van der Waals surface area contributed by atoms with E-state index in [9.17, 15) is 14.4 Å². The van der Waals surface area contributed by atoms with Crippen molar-refractivity contribution < 1.29 is 9.21 Å². The molecule has 1 amide bonds. The molecule has 1 aliphatic rings. The number of hydrogen-bond donors (Lipinski definition) is 1. The first-order valence-electron chi connectivity index (χ1n) is 8.48. The summed E-state index contributed by atoms with van der Waals surface area (Å²) >= 11 is 0. The Kier molecular flexibility index (Phi) is 4.19. The van der Waals surface area contributed by atoms with E-state index >= 15 is 0 Å². The molecule has 1 N–H and O–H groups in total. The number of nitrogens with one attached hydrogen (secondary N) is 1. The first-order valence-corrected chi connectivity index (χ1v) is 8.48. The van der Waals surface area contributed by atoms with Crippen molar-refractivity contribution in [2.45, 2.75) is 26.4 Å². The van der Waals surface area contributed by atoms with E-state index in [0.29, 0.717) is 36.7 Å². The van der Waals surface area contributed by atoms with Crippen LogP contribution in [-0.2, 0) is 24.3 Å². The van der Waals surface area contributed by atoms with Gasteiger partial charge >= 0.3 is 5.69 Å². The number of aryl methyl sites for hydroxylation is 1. The number of oxazole rings is 1. The molecular weight excluding hydrogens is 350 g/mol. The Morgan fingerprint density at radius 3 is 3.00 bits per heavy atom. The Balaban J connectivity index is 1.52. The van der Waals surface area contributed by atoms with Crippen molar-refractivity contribution in [3.8, 4) is 11.5 Å². The van der Waals surface area contributed by atoms with Gasteiger partial charge in [0, 0.05) is 37.1 Å². The molecule has 4 heterocycles. The van der Waals surface area contributed by atoms with E-state index in [0.717, 1.165) is 11.3 Å². The smallest absolute Gasteiger partial charge is 0.328 e. The van der Waals surface area contributed by atoms with Gasteiger partial charge in [-0.25, -0.2) is 9.78 Å². The number of nitrogens with zero attached hydrogens (tertiary/aromatic N) is 4. The van der Waals surface area contributed by atoms with Gasteiger partial charge in [0.2, 0.25) is 11.8 Å². The summed E-state index contributed by atoms with van der Waals surface area (Å²) < 4.78 is 7.01. The van der Waals surface area contributed by atoms with Crippen LogP contribution in [0.3, 0.4) is 0 Å². The summed E-state index contributed by atoms with van der Waals surface area (Å²) in [5.74, 6) is 1.02. The number of aromatic nitrogens is 4. The number of amides is 1. The van der Waals surface area contributed by atoms with Crippen LogP contribution >= 0.6 is 0 Å². The van der Waals surface area contributed by atoms with Crippen molar-refractivity contribution in [2.24, 2.45) is 0 Å². The highest BCUT2D eigenvalue weighted by Crippen LogP contribution is 2.25. The zero-order valence-corrected chi connectivity index (χ0v) is 14.6. The summed E-state index contributed by atoms with van der Waals surface area (Å²) in [6.07, 6.45) is 5.29. The number of aromatic amines is 1.